The predicted molar refractivity (Wildman–Crippen MR) is 128 cm³/mol. The van der Waals surface area contributed by atoms with Crippen molar-refractivity contribution in [3.8, 4) is 20.9 Å². The Labute approximate surface area is 182 Å². The van der Waals surface area contributed by atoms with Crippen LogP contribution in [0.3, 0.4) is 0 Å². The van der Waals surface area contributed by atoms with E-state index in [0.29, 0.717) is 0 Å². The summed E-state index contributed by atoms with van der Waals surface area (Å²) in [6.45, 7) is 3.18. The number of ketones is 2. The van der Waals surface area contributed by atoms with Gasteiger partial charge in [-0.3, -0.25) is 9.59 Å². The lowest BCUT2D eigenvalue weighted by molar-refractivity contribution is 0.100. The summed E-state index contributed by atoms with van der Waals surface area (Å²) in [5, 5.41) is 2.51. The number of carbonyl (C=O) groups excluding carboxylic acids is 2. The first-order valence-electron chi connectivity index (χ1n) is 9.68. The van der Waals surface area contributed by atoms with E-state index in [1.54, 1.807) is 36.5 Å². The van der Waals surface area contributed by atoms with Gasteiger partial charge in [-0.05, 0) is 49.2 Å². The number of hydrogen-bond acceptors (Lipinski definition) is 4. The van der Waals surface area contributed by atoms with E-state index in [0.717, 1.165) is 22.3 Å². The summed E-state index contributed by atoms with van der Waals surface area (Å²) in [7, 11) is 0. The van der Waals surface area contributed by atoms with Crippen molar-refractivity contribution in [2.24, 2.45) is 0 Å². The molecule has 0 unspecified atom stereocenters. The first kappa shape index (κ1) is 18.9. The molecule has 4 heteroatoms. The smallest absolute Gasteiger partial charge is 0.159 e. The van der Waals surface area contributed by atoms with E-state index in [9.17, 15) is 9.59 Å². The molecule has 3 aromatic carbocycles. The van der Waals surface area contributed by atoms with Crippen molar-refractivity contribution in [1.82, 2.24) is 0 Å². The fraction of sp³-hybridized carbons (Fsp3) is 0.0769. The molecule has 30 heavy (non-hydrogen) atoms. The van der Waals surface area contributed by atoms with Crippen LogP contribution in [0.4, 0.5) is 0 Å². The quantitative estimate of drug-likeness (QED) is 0.274. The van der Waals surface area contributed by atoms with Crippen LogP contribution in [-0.2, 0) is 0 Å². The van der Waals surface area contributed by atoms with Crippen LogP contribution >= 0.6 is 22.7 Å². The highest BCUT2D eigenvalue weighted by Crippen LogP contribution is 2.42. The Hall–Kier alpha value is -3.08. The predicted octanol–water partition coefficient (Wildman–Crippen LogP) is 7.86. The van der Waals surface area contributed by atoms with E-state index in [4.69, 9.17) is 0 Å². The van der Waals surface area contributed by atoms with Crippen molar-refractivity contribution >= 4 is 54.4 Å². The Balaban J connectivity index is 1.58. The van der Waals surface area contributed by atoms with Gasteiger partial charge in [0.05, 0.1) is 0 Å². The first-order chi connectivity index (χ1) is 14.5. The molecule has 0 saturated carbocycles. The number of hydrogen-bond donors (Lipinski definition) is 0. The summed E-state index contributed by atoms with van der Waals surface area (Å²) in [6, 6.07) is 24.5. The zero-order valence-electron chi connectivity index (χ0n) is 16.6. The number of rotatable bonds is 4. The molecule has 0 atom stereocenters. The second-order valence-electron chi connectivity index (χ2n) is 7.38. The number of fused-ring (bicyclic) bond motifs is 3. The molecular weight excluding hydrogens is 408 g/mol. The van der Waals surface area contributed by atoms with Crippen molar-refractivity contribution in [2.75, 3.05) is 0 Å². The van der Waals surface area contributed by atoms with E-state index in [1.807, 2.05) is 48.5 Å². The average molecular weight is 427 g/mol. The van der Waals surface area contributed by atoms with E-state index >= 15 is 0 Å². The molecule has 5 aromatic rings. The molecule has 2 heterocycles. The fourth-order valence-electron chi connectivity index (χ4n) is 3.65. The lowest BCUT2D eigenvalue weighted by Gasteiger charge is -1.99. The molecular formula is C26H18O2S2. The molecule has 0 saturated heterocycles. The lowest BCUT2D eigenvalue weighted by Crippen LogP contribution is -1.90. The Bertz CT molecular complexity index is 1310. The summed E-state index contributed by atoms with van der Waals surface area (Å²) >= 11 is 3.54. The van der Waals surface area contributed by atoms with Crippen molar-refractivity contribution in [1.29, 1.82) is 0 Å². The van der Waals surface area contributed by atoms with Crippen molar-refractivity contribution in [2.45, 2.75) is 13.8 Å². The monoisotopic (exact) mass is 426 g/mol. The summed E-state index contributed by atoms with van der Waals surface area (Å²) < 4.78 is 2.51. The van der Waals surface area contributed by atoms with E-state index in [1.165, 1.54) is 29.9 Å². The van der Waals surface area contributed by atoms with Crippen LogP contribution in [-0.4, -0.2) is 11.6 Å². The molecule has 0 amide bonds. The lowest BCUT2D eigenvalue weighted by atomic mass is 10.1. The fourth-order valence-corrected chi connectivity index (χ4v) is 5.82. The van der Waals surface area contributed by atoms with Crippen LogP contribution < -0.4 is 0 Å². The first-order valence-corrected chi connectivity index (χ1v) is 11.3. The average Bonchev–Trinajstić information content (AvgIpc) is 3.38. The van der Waals surface area contributed by atoms with Crippen molar-refractivity contribution in [3.05, 3.63) is 83.9 Å². The van der Waals surface area contributed by atoms with Gasteiger partial charge in [-0.2, -0.15) is 0 Å². The van der Waals surface area contributed by atoms with E-state index < -0.39 is 0 Å². The summed E-state index contributed by atoms with van der Waals surface area (Å²) in [6.07, 6.45) is 0. The molecule has 0 radical (unpaired) electrons. The van der Waals surface area contributed by atoms with Crippen LogP contribution in [0.2, 0.25) is 0 Å². The van der Waals surface area contributed by atoms with Gasteiger partial charge in [0.25, 0.3) is 0 Å². The number of benzene rings is 3. The van der Waals surface area contributed by atoms with Gasteiger partial charge >= 0.3 is 0 Å². The van der Waals surface area contributed by atoms with E-state index in [2.05, 4.69) is 24.3 Å². The minimum absolute atomic E-state index is 0.0849. The Morgan fingerprint density at radius 3 is 1.27 bits per heavy atom. The third-order valence-corrected chi connectivity index (χ3v) is 7.65. The highest BCUT2D eigenvalue weighted by atomic mass is 32.1. The highest BCUT2D eigenvalue weighted by molar-refractivity contribution is 7.24. The van der Waals surface area contributed by atoms with Gasteiger partial charge in [-0.15, -0.1) is 22.7 Å². The molecule has 0 fully saturated rings. The molecule has 0 spiro atoms. The summed E-state index contributed by atoms with van der Waals surface area (Å²) in [4.78, 5) is 25.5. The van der Waals surface area contributed by atoms with Gasteiger partial charge in [0.1, 0.15) is 0 Å². The largest absolute Gasteiger partial charge is 0.295 e. The SMILES string of the molecule is CC(=O)c1ccc(-c2cc3c(ccc4sc(-c5ccc(C(C)=O)cc5)cc43)s2)cc1. The normalized spacial score (nSPS) is 11.3. The minimum Gasteiger partial charge on any atom is -0.295 e. The summed E-state index contributed by atoms with van der Waals surface area (Å²) in [5.74, 6) is 0.170. The third-order valence-electron chi connectivity index (χ3n) is 5.35. The maximum absolute atomic E-state index is 11.5. The maximum Gasteiger partial charge on any atom is 0.159 e. The molecule has 2 aromatic heterocycles. The van der Waals surface area contributed by atoms with Gasteiger partial charge in [-0.25, -0.2) is 0 Å². The van der Waals surface area contributed by atoms with Crippen LogP contribution in [0.1, 0.15) is 34.6 Å². The van der Waals surface area contributed by atoms with Gasteiger partial charge in [0.15, 0.2) is 11.6 Å². The topological polar surface area (TPSA) is 34.1 Å². The van der Waals surface area contributed by atoms with Gasteiger partial charge in [0.2, 0.25) is 0 Å². The van der Waals surface area contributed by atoms with E-state index in [-0.39, 0.29) is 11.6 Å². The number of Topliss-reactive ketones (excluding diaryl/α,β-unsaturated/α-hetero) is 2. The van der Waals surface area contributed by atoms with Crippen molar-refractivity contribution < 1.29 is 9.59 Å². The highest BCUT2D eigenvalue weighted by Gasteiger charge is 2.12. The Morgan fingerprint density at radius 2 is 0.933 bits per heavy atom. The van der Waals surface area contributed by atoms with Crippen molar-refractivity contribution in [3.63, 3.8) is 0 Å². The molecule has 0 N–H and O–H groups in total. The van der Waals surface area contributed by atoms with Gasteiger partial charge in [-0.1, -0.05) is 48.5 Å². The molecule has 2 nitrogen and oxygen atoms in total. The third kappa shape index (κ3) is 3.28. The van der Waals surface area contributed by atoms with Gasteiger partial charge < -0.3 is 0 Å². The van der Waals surface area contributed by atoms with Crippen LogP contribution in [0.25, 0.3) is 41.1 Å². The number of thiophene rings is 2. The molecule has 146 valence electrons. The minimum atomic E-state index is 0.0849. The van der Waals surface area contributed by atoms with Crippen LogP contribution in [0, 0.1) is 0 Å². The van der Waals surface area contributed by atoms with Crippen LogP contribution in [0.15, 0.2) is 72.8 Å². The Morgan fingerprint density at radius 1 is 0.567 bits per heavy atom. The Kier molecular flexibility index (Phi) is 4.61. The number of carbonyl (C=O) groups is 2. The van der Waals surface area contributed by atoms with Crippen LogP contribution in [0.5, 0.6) is 0 Å². The summed E-state index contributed by atoms with van der Waals surface area (Å²) in [5.41, 5.74) is 3.73. The molecule has 0 aliphatic heterocycles. The van der Waals surface area contributed by atoms with Gasteiger partial charge in [0, 0.05) is 41.1 Å². The zero-order chi connectivity index (χ0) is 20.8. The molecule has 0 aliphatic carbocycles. The molecule has 0 bridgehead atoms. The zero-order valence-corrected chi connectivity index (χ0v) is 18.2. The standard InChI is InChI=1S/C26H18O2S2/c1-15(27)17-3-7-19(8-4-17)25-13-21-22-14-26(30-24(22)12-11-23(21)29-25)20-9-5-18(6-10-20)16(2)28/h3-14H,1-2H3. The molecule has 0 aliphatic rings. The second kappa shape index (κ2) is 7.31. The maximum atomic E-state index is 11.5. The second-order valence-corrected chi connectivity index (χ2v) is 9.55. The molecule has 5 rings (SSSR count).